The van der Waals surface area contributed by atoms with Gasteiger partial charge in [-0.05, 0) is 12.1 Å². The Kier molecular flexibility index (Phi) is 4.66. The zero-order valence-electron chi connectivity index (χ0n) is 13.0. The highest BCUT2D eigenvalue weighted by Crippen LogP contribution is 2.29. The summed E-state index contributed by atoms with van der Waals surface area (Å²) >= 11 is 1.21. The number of anilines is 1. The van der Waals surface area contributed by atoms with Crippen molar-refractivity contribution in [3.63, 3.8) is 0 Å². The molecule has 3 aromatic rings. The molecule has 0 atom stereocenters. The van der Waals surface area contributed by atoms with Crippen molar-refractivity contribution in [3.8, 4) is 16.3 Å². The van der Waals surface area contributed by atoms with Gasteiger partial charge in [0, 0.05) is 17.2 Å². The van der Waals surface area contributed by atoms with Crippen molar-refractivity contribution in [1.29, 1.82) is 0 Å². The lowest BCUT2D eigenvalue weighted by Crippen LogP contribution is -2.12. The summed E-state index contributed by atoms with van der Waals surface area (Å²) in [5.41, 5.74) is 0.738. The summed E-state index contributed by atoms with van der Waals surface area (Å²) < 4.78 is 4.92. The Morgan fingerprint density at radius 1 is 1.20 bits per heavy atom. The van der Waals surface area contributed by atoms with E-state index >= 15 is 0 Å². The third kappa shape index (κ3) is 3.61. The third-order valence-electron chi connectivity index (χ3n) is 3.30. The molecule has 9 heteroatoms. The van der Waals surface area contributed by atoms with Gasteiger partial charge in [-0.3, -0.25) is 20.2 Å². The molecule has 3 rings (SSSR count). The number of rotatable bonds is 5. The largest absolute Gasteiger partial charge is 0.490 e. The predicted octanol–water partition coefficient (Wildman–Crippen LogP) is 3.37. The highest BCUT2D eigenvalue weighted by Gasteiger charge is 2.19. The highest BCUT2D eigenvalue weighted by molar-refractivity contribution is 7.18. The van der Waals surface area contributed by atoms with Gasteiger partial charge in [-0.1, -0.05) is 41.7 Å². The zero-order valence-corrected chi connectivity index (χ0v) is 13.8. The first-order valence-corrected chi connectivity index (χ1v) is 7.93. The van der Waals surface area contributed by atoms with Crippen LogP contribution in [0.1, 0.15) is 10.4 Å². The molecule has 126 valence electrons. The first-order chi connectivity index (χ1) is 12.1. The molecular weight excluding hydrogens is 344 g/mol. The van der Waals surface area contributed by atoms with E-state index in [2.05, 4.69) is 15.5 Å². The second-order valence-electron chi connectivity index (χ2n) is 4.88. The van der Waals surface area contributed by atoms with Gasteiger partial charge in [0.2, 0.25) is 5.13 Å². The number of nitrogens with one attached hydrogen (secondary N) is 1. The van der Waals surface area contributed by atoms with Gasteiger partial charge in [-0.25, -0.2) is 0 Å². The molecule has 0 fully saturated rings. The van der Waals surface area contributed by atoms with Crippen LogP contribution in [0.2, 0.25) is 0 Å². The molecule has 0 aliphatic carbocycles. The topological polar surface area (TPSA) is 107 Å². The molecule has 1 amide bonds. The number of ether oxygens (including phenoxy) is 1. The van der Waals surface area contributed by atoms with Crippen molar-refractivity contribution in [2.24, 2.45) is 0 Å². The standard InChI is InChI=1S/C16H12N4O4S/c1-24-13-8-7-11(9-12(13)20(22)23)14(21)17-16-19-18-15(25-16)10-5-3-2-4-6-10/h2-9H,1H3,(H,17,19,21). The quantitative estimate of drug-likeness (QED) is 0.555. The van der Waals surface area contributed by atoms with Gasteiger partial charge in [0.1, 0.15) is 5.01 Å². The van der Waals surface area contributed by atoms with E-state index in [1.165, 1.54) is 30.6 Å². The van der Waals surface area contributed by atoms with Crippen LogP contribution in [0.3, 0.4) is 0 Å². The number of nitrogens with zero attached hydrogens (tertiary/aromatic N) is 3. The second kappa shape index (κ2) is 7.05. The summed E-state index contributed by atoms with van der Waals surface area (Å²) in [5, 5.41) is 22.6. The lowest BCUT2D eigenvalue weighted by molar-refractivity contribution is -0.385. The molecule has 0 saturated heterocycles. The summed E-state index contributed by atoms with van der Waals surface area (Å²) in [6.07, 6.45) is 0. The predicted molar refractivity (Wildman–Crippen MR) is 92.9 cm³/mol. The van der Waals surface area contributed by atoms with Gasteiger partial charge in [-0.2, -0.15) is 0 Å². The molecule has 0 unspecified atom stereocenters. The Balaban J connectivity index is 1.80. The van der Waals surface area contributed by atoms with Gasteiger partial charge in [0.05, 0.1) is 12.0 Å². The van der Waals surface area contributed by atoms with Crippen molar-refractivity contribution in [2.75, 3.05) is 12.4 Å². The minimum atomic E-state index is -0.603. The molecule has 0 saturated carbocycles. The number of carbonyl (C=O) groups excluding carboxylic acids is 1. The van der Waals surface area contributed by atoms with Crippen LogP contribution >= 0.6 is 11.3 Å². The van der Waals surface area contributed by atoms with E-state index in [1.807, 2.05) is 30.3 Å². The number of nitro groups is 1. The molecule has 25 heavy (non-hydrogen) atoms. The summed E-state index contributed by atoms with van der Waals surface area (Å²) in [7, 11) is 1.33. The van der Waals surface area contributed by atoms with Crippen LogP contribution in [-0.2, 0) is 0 Å². The van der Waals surface area contributed by atoms with Gasteiger partial charge >= 0.3 is 5.69 Å². The number of carbonyl (C=O) groups is 1. The summed E-state index contributed by atoms with van der Waals surface area (Å²) in [5.74, 6) is -0.426. The molecular formula is C16H12N4O4S. The number of hydrogen-bond donors (Lipinski definition) is 1. The Morgan fingerprint density at radius 2 is 1.96 bits per heavy atom. The maximum atomic E-state index is 12.3. The average Bonchev–Trinajstić information content (AvgIpc) is 3.10. The van der Waals surface area contributed by atoms with Crippen LogP contribution in [-0.4, -0.2) is 28.1 Å². The molecule has 2 aromatic carbocycles. The molecule has 1 heterocycles. The molecule has 0 bridgehead atoms. The molecule has 0 radical (unpaired) electrons. The van der Waals surface area contributed by atoms with E-state index < -0.39 is 10.8 Å². The van der Waals surface area contributed by atoms with E-state index in [9.17, 15) is 14.9 Å². The molecule has 1 aromatic heterocycles. The van der Waals surface area contributed by atoms with Crippen molar-refractivity contribution in [2.45, 2.75) is 0 Å². The lowest BCUT2D eigenvalue weighted by Gasteiger charge is -2.04. The van der Waals surface area contributed by atoms with E-state index in [0.717, 1.165) is 11.6 Å². The SMILES string of the molecule is COc1ccc(C(=O)Nc2nnc(-c3ccccc3)s2)cc1[N+](=O)[O-]. The smallest absolute Gasteiger partial charge is 0.311 e. The summed E-state index contributed by atoms with van der Waals surface area (Å²) in [4.78, 5) is 22.7. The number of amides is 1. The van der Waals surface area contributed by atoms with Gasteiger partial charge in [0.15, 0.2) is 5.75 Å². The molecule has 0 spiro atoms. The number of methoxy groups -OCH3 is 1. The van der Waals surface area contributed by atoms with Crippen molar-refractivity contribution < 1.29 is 14.5 Å². The fourth-order valence-electron chi connectivity index (χ4n) is 2.11. The number of aromatic nitrogens is 2. The van der Waals surface area contributed by atoms with E-state index in [4.69, 9.17) is 4.74 Å². The Morgan fingerprint density at radius 3 is 2.64 bits per heavy atom. The monoisotopic (exact) mass is 356 g/mol. The van der Waals surface area contributed by atoms with Crippen molar-refractivity contribution in [1.82, 2.24) is 10.2 Å². The van der Waals surface area contributed by atoms with Crippen LogP contribution in [0, 0.1) is 10.1 Å². The van der Waals surface area contributed by atoms with E-state index in [-0.39, 0.29) is 17.0 Å². The van der Waals surface area contributed by atoms with Crippen LogP contribution in [0.15, 0.2) is 48.5 Å². The van der Waals surface area contributed by atoms with Crippen LogP contribution < -0.4 is 10.1 Å². The molecule has 0 aliphatic heterocycles. The van der Waals surface area contributed by atoms with Crippen LogP contribution in [0.4, 0.5) is 10.8 Å². The van der Waals surface area contributed by atoms with E-state index in [1.54, 1.807) is 0 Å². The molecule has 8 nitrogen and oxygen atoms in total. The zero-order chi connectivity index (χ0) is 17.8. The Bertz CT molecular complexity index is 927. The first kappa shape index (κ1) is 16.5. The lowest BCUT2D eigenvalue weighted by atomic mass is 10.2. The minimum Gasteiger partial charge on any atom is -0.490 e. The third-order valence-corrected chi connectivity index (χ3v) is 4.19. The maximum Gasteiger partial charge on any atom is 0.311 e. The maximum absolute atomic E-state index is 12.3. The molecule has 0 aliphatic rings. The number of nitro benzene ring substituents is 1. The van der Waals surface area contributed by atoms with Crippen LogP contribution in [0.25, 0.3) is 10.6 Å². The highest BCUT2D eigenvalue weighted by atomic mass is 32.1. The van der Waals surface area contributed by atoms with Crippen molar-refractivity contribution >= 4 is 28.1 Å². The van der Waals surface area contributed by atoms with Gasteiger partial charge < -0.3 is 4.74 Å². The molecule has 1 N–H and O–H groups in total. The summed E-state index contributed by atoms with van der Waals surface area (Å²) in [6.45, 7) is 0. The minimum absolute atomic E-state index is 0.0869. The van der Waals surface area contributed by atoms with Crippen molar-refractivity contribution in [3.05, 3.63) is 64.2 Å². The van der Waals surface area contributed by atoms with E-state index in [0.29, 0.717) is 10.1 Å². The van der Waals surface area contributed by atoms with Gasteiger partial charge in [0.25, 0.3) is 5.91 Å². The fraction of sp³-hybridized carbons (Fsp3) is 0.0625. The van der Waals surface area contributed by atoms with Gasteiger partial charge in [-0.15, -0.1) is 10.2 Å². The Hall–Kier alpha value is -3.33. The second-order valence-corrected chi connectivity index (χ2v) is 5.85. The number of benzene rings is 2. The first-order valence-electron chi connectivity index (χ1n) is 7.11. The summed E-state index contributed by atoms with van der Waals surface area (Å²) in [6, 6.07) is 13.4. The fourth-order valence-corrected chi connectivity index (χ4v) is 2.86. The Labute approximate surface area is 146 Å². The average molecular weight is 356 g/mol. The number of hydrogen-bond acceptors (Lipinski definition) is 7. The van der Waals surface area contributed by atoms with Crippen LogP contribution in [0.5, 0.6) is 5.75 Å². The normalized spacial score (nSPS) is 10.3.